The first-order valence-corrected chi connectivity index (χ1v) is 10.5. The van der Waals surface area contributed by atoms with Crippen LogP contribution in [0.2, 0.25) is 0 Å². The maximum absolute atomic E-state index is 12.9. The van der Waals surface area contributed by atoms with E-state index in [0.29, 0.717) is 24.4 Å². The van der Waals surface area contributed by atoms with Crippen LogP contribution < -0.4 is 15.9 Å². The Kier molecular flexibility index (Phi) is 5.47. The van der Waals surface area contributed by atoms with Crippen molar-refractivity contribution in [3.8, 4) is 0 Å². The van der Waals surface area contributed by atoms with Crippen LogP contribution in [-0.2, 0) is 16.6 Å². The molecule has 0 aliphatic carbocycles. The van der Waals surface area contributed by atoms with Gasteiger partial charge in [0.15, 0.2) is 0 Å². The second kappa shape index (κ2) is 8.09. The Labute approximate surface area is 179 Å². The number of hydrogen-bond donors (Lipinski definition) is 2. The van der Waals surface area contributed by atoms with Crippen LogP contribution in [0.1, 0.15) is 31.7 Å². The Morgan fingerprint density at radius 3 is 2.52 bits per heavy atom. The average molecular weight is 429 g/mol. The lowest BCUT2D eigenvalue weighted by Crippen LogP contribution is -2.44. The lowest BCUT2D eigenvalue weighted by Gasteiger charge is -2.34. The molecule has 31 heavy (non-hydrogen) atoms. The van der Waals surface area contributed by atoms with Crippen molar-refractivity contribution in [3.63, 3.8) is 0 Å². The first-order chi connectivity index (χ1) is 14.8. The summed E-state index contributed by atoms with van der Waals surface area (Å²) in [5, 5.41) is 11.4. The molecule has 166 valence electrons. The standard InChI is InChI=1S/C21H27N5O5/c1-23(21(30)31)12-13-7-9-25(10-8-13)14-3-4-15-17(11-14)24(2)20(29)26(15)16-5-6-18(27)22-19(16)28/h3-4,11,13,16H,5-10,12H2,1-2H3,(H,30,31)(H,22,27,28). The molecule has 2 aromatic rings. The highest BCUT2D eigenvalue weighted by Crippen LogP contribution is 2.29. The van der Waals surface area contributed by atoms with Gasteiger partial charge in [-0.15, -0.1) is 0 Å². The lowest BCUT2D eigenvalue weighted by molar-refractivity contribution is -0.135. The molecule has 3 heterocycles. The maximum Gasteiger partial charge on any atom is 0.407 e. The van der Waals surface area contributed by atoms with E-state index in [9.17, 15) is 19.2 Å². The summed E-state index contributed by atoms with van der Waals surface area (Å²) in [4.78, 5) is 51.3. The van der Waals surface area contributed by atoms with Crippen molar-refractivity contribution < 1.29 is 19.5 Å². The summed E-state index contributed by atoms with van der Waals surface area (Å²) >= 11 is 0. The fraction of sp³-hybridized carbons (Fsp3) is 0.524. The highest BCUT2D eigenvalue weighted by molar-refractivity contribution is 6.00. The van der Waals surface area contributed by atoms with Gasteiger partial charge in [0.1, 0.15) is 6.04 Å². The molecule has 1 unspecified atom stereocenters. The van der Waals surface area contributed by atoms with Gasteiger partial charge in [0.05, 0.1) is 11.0 Å². The summed E-state index contributed by atoms with van der Waals surface area (Å²) in [7, 11) is 3.28. The van der Waals surface area contributed by atoms with E-state index < -0.39 is 18.0 Å². The molecule has 2 aliphatic rings. The van der Waals surface area contributed by atoms with Crippen molar-refractivity contribution >= 4 is 34.6 Å². The van der Waals surface area contributed by atoms with E-state index in [1.807, 2.05) is 18.2 Å². The smallest absolute Gasteiger partial charge is 0.407 e. The predicted octanol–water partition coefficient (Wildman–Crippen LogP) is 1.14. The average Bonchev–Trinajstić information content (AvgIpc) is 2.99. The Balaban J connectivity index is 1.55. The van der Waals surface area contributed by atoms with Crippen LogP contribution >= 0.6 is 0 Å². The largest absolute Gasteiger partial charge is 0.465 e. The number of imidazole rings is 1. The molecule has 0 bridgehead atoms. The summed E-state index contributed by atoms with van der Waals surface area (Å²) in [5.41, 5.74) is 2.12. The first-order valence-electron chi connectivity index (χ1n) is 10.5. The summed E-state index contributed by atoms with van der Waals surface area (Å²) in [6, 6.07) is 5.08. The highest BCUT2D eigenvalue weighted by atomic mass is 16.4. The topological polar surface area (TPSA) is 117 Å². The Hall–Kier alpha value is -3.30. The monoisotopic (exact) mass is 429 g/mol. The fourth-order valence-corrected chi connectivity index (χ4v) is 4.62. The number of carbonyl (C=O) groups is 3. The number of anilines is 1. The zero-order valence-electron chi connectivity index (χ0n) is 17.7. The molecule has 1 atom stereocenters. The van der Waals surface area contributed by atoms with Crippen LogP contribution in [0, 0.1) is 5.92 Å². The van der Waals surface area contributed by atoms with Crippen LogP contribution in [-0.4, -0.2) is 63.7 Å². The van der Waals surface area contributed by atoms with Crippen molar-refractivity contribution in [2.24, 2.45) is 13.0 Å². The summed E-state index contributed by atoms with van der Waals surface area (Å²) < 4.78 is 3.02. The second-order valence-electron chi connectivity index (χ2n) is 8.45. The van der Waals surface area contributed by atoms with Gasteiger partial charge in [0.2, 0.25) is 11.8 Å². The van der Waals surface area contributed by atoms with Crippen molar-refractivity contribution in [2.75, 3.05) is 31.6 Å². The molecular weight excluding hydrogens is 402 g/mol. The third kappa shape index (κ3) is 3.89. The number of amides is 3. The van der Waals surface area contributed by atoms with Gasteiger partial charge in [0, 0.05) is 45.8 Å². The molecule has 10 nitrogen and oxygen atoms in total. The minimum absolute atomic E-state index is 0.212. The van der Waals surface area contributed by atoms with Gasteiger partial charge in [0.25, 0.3) is 0 Å². The summed E-state index contributed by atoms with van der Waals surface area (Å²) in [6.45, 7) is 2.16. The molecule has 0 radical (unpaired) electrons. The number of aryl methyl sites for hydroxylation is 1. The van der Waals surface area contributed by atoms with Crippen LogP contribution in [0.5, 0.6) is 0 Å². The molecule has 2 aliphatic heterocycles. The Morgan fingerprint density at radius 1 is 1.16 bits per heavy atom. The van der Waals surface area contributed by atoms with Gasteiger partial charge in [-0.3, -0.25) is 24.0 Å². The van der Waals surface area contributed by atoms with Gasteiger partial charge in [-0.2, -0.15) is 0 Å². The van der Waals surface area contributed by atoms with E-state index in [1.54, 1.807) is 14.1 Å². The number of hydrogen-bond acceptors (Lipinski definition) is 5. The second-order valence-corrected chi connectivity index (χ2v) is 8.45. The van der Waals surface area contributed by atoms with Gasteiger partial charge >= 0.3 is 11.8 Å². The molecule has 1 aromatic heterocycles. The van der Waals surface area contributed by atoms with Crippen LogP contribution in [0.25, 0.3) is 11.0 Å². The molecule has 3 amide bonds. The highest BCUT2D eigenvalue weighted by Gasteiger charge is 2.31. The molecule has 10 heteroatoms. The van der Waals surface area contributed by atoms with E-state index in [1.165, 1.54) is 14.0 Å². The number of fused-ring (bicyclic) bond motifs is 1. The summed E-state index contributed by atoms with van der Waals surface area (Å²) in [6.07, 6.45) is 1.40. The Bertz CT molecular complexity index is 1100. The molecule has 2 N–H and O–H groups in total. The number of piperidine rings is 2. The number of carbonyl (C=O) groups excluding carboxylic acids is 2. The first kappa shape index (κ1) is 21.0. The van der Waals surface area contributed by atoms with E-state index >= 15 is 0 Å². The number of rotatable bonds is 4. The minimum Gasteiger partial charge on any atom is -0.465 e. The maximum atomic E-state index is 12.9. The van der Waals surface area contributed by atoms with Crippen LogP contribution in [0.4, 0.5) is 10.5 Å². The molecule has 1 aromatic carbocycles. The van der Waals surface area contributed by atoms with E-state index in [0.717, 1.165) is 37.1 Å². The van der Waals surface area contributed by atoms with E-state index in [2.05, 4.69) is 10.2 Å². The van der Waals surface area contributed by atoms with Crippen molar-refractivity contribution in [2.45, 2.75) is 31.7 Å². The zero-order valence-corrected chi connectivity index (χ0v) is 17.7. The third-order valence-corrected chi connectivity index (χ3v) is 6.43. The fourth-order valence-electron chi connectivity index (χ4n) is 4.62. The molecule has 4 rings (SSSR count). The van der Waals surface area contributed by atoms with Crippen molar-refractivity contribution in [3.05, 3.63) is 28.7 Å². The van der Waals surface area contributed by atoms with Crippen LogP contribution in [0.3, 0.4) is 0 Å². The lowest BCUT2D eigenvalue weighted by atomic mass is 9.96. The van der Waals surface area contributed by atoms with Crippen LogP contribution in [0.15, 0.2) is 23.0 Å². The number of benzene rings is 1. The molecule has 2 saturated heterocycles. The number of nitrogens with zero attached hydrogens (tertiary/aromatic N) is 4. The summed E-state index contributed by atoms with van der Waals surface area (Å²) in [5.74, 6) is -0.419. The molecule has 2 fully saturated rings. The quantitative estimate of drug-likeness (QED) is 0.704. The molecule has 0 spiro atoms. The van der Waals surface area contributed by atoms with Crippen molar-refractivity contribution in [1.29, 1.82) is 0 Å². The number of nitrogens with one attached hydrogen (secondary N) is 1. The molecule has 0 saturated carbocycles. The number of aromatic nitrogens is 2. The predicted molar refractivity (Wildman–Crippen MR) is 114 cm³/mol. The van der Waals surface area contributed by atoms with Gasteiger partial charge in [-0.25, -0.2) is 9.59 Å². The number of carboxylic acid groups (broad SMARTS) is 1. The van der Waals surface area contributed by atoms with E-state index in [4.69, 9.17) is 5.11 Å². The minimum atomic E-state index is -0.908. The Morgan fingerprint density at radius 2 is 1.87 bits per heavy atom. The normalized spacial score (nSPS) is 20.2. The molecular formula is C21H27N5O5. The van der Waals surface area contributed by atoms with E-state index in [-0.39, 0.29) is 18.0 Å². The SMILES string of the molecule is CN(CC1CCN(c2ccc3c(c2)n(C)c(=O)n3C2CCC(=O)NC2=O)CC1)C(=O)O. The number of imide groups is 1. The third-order valence-electron chi connectivity index (χ3n) is 6.43. The zero-order chi connectivity index (χ0) is 22.3. The van der Waals surface area contributed by atoms with Gasteiger partial charge in [-0.1, -0.05) is 0 Å². The van der Waals surface area contributed by atoms with Gasteiger partial charge in [-0.05, 0) is 43.4 Å². The van der Waals surface area contributed by atoms with Crippen molar-refractivity contribution in [1.82, 2.24) is 19.4 Å². The van der Waals surface area contributed by atoms with Gasteiger partial charge < -0.3 is 14.9 Å².